The van der Waals surface area contributed by atoms with Crippen LogP contribution in [0.4, 0.5) is 5.69 Å². The molecule has 0 unspecified atom stereocenters. The third-order valence-electron chi connectivity index (χ3n) is 3.63. The van der Waals surface area contributed by atoms with Crippen molar-refractivity contribution in [3.63, 3.8) is 0 Å². The first kappa shape index (κ1) is 22.7. The highest BCUT2D eigenvalue weighted by Crippen LogP contribution is 2.38. The van der Waals surface area contributed by atoms with E-state index in [0.29, 0.717) is 6.29 Å². The smallest absolute Gasteiger partial charge is 0.275 e. The average molecular weight is 428 g/mol. The second-order valence-corrected chi connectivity index (χ2v) is 7.72. The number of nitrogens with one attached hydrogen (secondary N) is 1. The van der Waals surface area contributed by atoms with Crippen LogP contribution < -0.4 is 15.2 Å². The molecule has 2 aromatic carbocycles. The maximum absolute atomic E-state index is 12.0. The number of aldehydes is 1. The second-order valence-electron chi connectivity index (χ2n) is 6.19. The van der Waals surface area contributed by atoms with Crippen LogP contribution in [0.5, 0.6) is 11.5 Å². The fourth-order valence-corrected chi connectivity index (χ4v) is 3.04. The number of anilines is 1. The Bertz CT molecular complexity index is 970. The number of benzene rings is 2. The van der Waals surface area contributed by atoms with Crippen LogP contribution in [-0.2, 0) is 10.0 Å². The standard InChI is InChI=1S/C17H20N2O9S/c18-29(26,27)14-9-11(10-20)8-13(15(14)28-12-4-2-1-3-5-12)19-16(21,22)6-7-17(23,24)25/h1-5,8-10,19,21-25H,6-7H2,(H2,18,26,27). The lowest BCUT2D eigenvalue weighted by Gasteiger charge is -2.27. The summed E-state index contributed by atoms with van der Waals surface area (Å²) in [6, 6.07) is 9.89. The van der Waals surface area contributed by atoms with Crippen LogP contribution in [-0.4, -0.2) is 52.1 Å². The number of ether oxygens (including phenoxy) is 1. The van der Waals surface area contributed by atoms with Crippen LogP contribution in [0.25, 0.3) is 0 Å². The van der Waals surface area contributed by atoms with E-state index in [4.69, 9.17) is 25.2 Å². The van der Waals surface area contributed by atoms with Crippen LogP contribution in [0.2, 0.25) is 0 Å². The molecule has 158 valence electrons. The Kier molecular flexibility index (Phi) is 6.60. The van der Waals surface area contributed by atoms with E-state index in [9.17, 15) is 23.4 Å². The summed E-state index contributed by atoms with van der Waals surface area (Å²) < 4.78 is 29.6. The predicted octanol–water partition coefficient (Wildman–Crippen LogP) is -0.600. The van der Waals surface area contributed by atoms with Gasteiger partial charge in [0.05, 0.1) is 5.69 Å². The second kappa shape index (κ2) is 8.42. The first-order chi connectivity index (χ1) is 13.3. The maximum atomic E-state index is 12.0. The summed E-state index contributed by atoms with van der Waals surface area (Å²) in [5.41, 5.74) is -0.513. The number of sulfonamides is 1. The molecule has 0 spiro atoms. The first-order valence-corrected chi connectivity index (χ1v) is 9.64. The van der Waals surface area contributed by atoms with Gasteiger partial charge < -0.3 is 35.6 Å². The van der Waals surface area contributed by atoms with E-state index < -0.39 is 45.4 Å². The normalized spacial score (nSPS) is 12.5. The van der Waals surface area contributed by atoms with E-state index in [2.05, 4.69) is 5.32 Å². The van der Waals surface area contributed by atoms with Crippen molar-refractivity contribution in [2.45, 2.75) is 29.6 Å². The number of hydrogen-bond donors (Lipinski definition) is 7. The molecule has 0 radical (unpaired) electrons. The van der Waals surface area contributed by atoms with E-state index in [1.165, 1.54) is 12.1 Å². The number of nitrogens with two attached hydrogens (primary N) is 1. The van der Waals surface area contributed by atoms with Gasteiger partial charge in [-0.25, -0.2) is 13.6 Å². The molecule has 0 atom stereocenters. The molecule has 2 aromatic rings. The lowest BCUT2D eigenvalue weighted by atomic mass is 10.1. The fraction of sp³-hybridized carbons (Fsp3) is 0.235. The quantitative estimate of drug-likeness (QED) is 0.200. The van der Waals surface area contributed by atoms with E-state index in [1.807, 2.05) is 0 Å². The molecular formula is C17H20N2O9S. The van der Waals surface area contributed by atoms with Crippen molar-refractivity contribution in [3.05, 3.63) is 48.0 Å². The SMILES string of the molecule is NS(=O)(=O)c1cc(C=O)cc(NC(O)(O)CCC(O)(O)O)c1Oc1ccccc1. The molecule has 0 aromatic heterocycles. The third-order valence-corrected chi connectivity index (χ3v) is 4.54. The van der Waals surface area contributed by atoms with E-state index >= 15 is 0 Å². The van der Waals surface area contributed by atoms with Crippen LogP contribution in [0.15, 0.2) is 47.4 Å². The van der Waals surface area contributed by atoms with Crippen LogP contribution in [0.3, 0.4) is 0 Å². The zero-order chi connectivity index (χ0) is 21.9. The minimum absolute atomic E-state index is 0.173. The molecule has 0 aliphatic rings. The lowest BCUT2D eigenvalue weighted by Crippen LogP contribution is -2.41. The van der Waals surface area contributed by atoms with Crippen molar-refractivity contribution < 1.29 is 43.5 Å². The van der Waals surface area contributed by atoms with E-state index in [1.54, 1.807) is 18.2 Å². The molecule has 12 heteroatoms. The van der Waals surface area contributed by atoms with Crippen molar-refractivity contribution in [3.8, 4) is 11.5 Å². The number of carbonyl (C=O) groups is 1. The Morgan fingerprint density at radius 2 is 1.66 bits per heavy atom. The fourth-order valence-electron chi connectivity index (χ4n) is 2.33. The van der Waals surface area contributed by atoms with Gasteiger partial charge in [-0.2, -0.15) is 0 Å². The molecule has 2 rings (SSSR count). The van der Waals surface area contributed by atoms with Gasteiger partial charge in [-0.15, -0.1) is 0 Å². The third kappa shape index (κ3) is 6.76. The first-order valence-electron chi connectivity index (χ1n) is 8.10. The van der Waals surface area contributed by atoms with Gasteiger partial charge in [0, 0.05) is 18.4 Å². The maximum Gasteiger partial charge on any atom is 0.275 e. The number of primary sulfonamides is 1. The molecule has 0 saturated carbocycles. The lowest BCUT2D eigenvalue weighted by molar-refractivity contribution is -0.322. The monoisotopic (exact) mass is 428 g/mol. The largest absolute Gasteiger partial charge is 0.454 e. The van der Waals surface area contributed by atoms with E-state index in [-0.39, 0.29) is 17.0 Å². The molecule has 0 heterocycles. The van der Waals surface area contributed by atoms with Crippen molar-refractivity contribution in [1.82, 2.24) is 0 Å². The molecule has 0 saturated heterocycles. The Morgan fingerprint density at radius 1 is 1.03 bits per heavy atom. The van der Waals surface area contributed by atoms with Gasteiger partial charge in [-0.05, 0) is 24.3 Å². The Labute approximate surface area is 165 Å². The number of aliphatic hydroxyl groups is 5. The van der Waals surface area contributed by atoms with Gasteiger partial charge in [-0.3, -0.25) is 4.79 Å². The molecule has 0 aliphatic carbocycles. The van der Waals surface area contributed by atoms with Gasteiger partial charge in [0.2, 0.25) is 15.9 Å². The Morgan fingerprint density at radius 3 is 2.17 bits per heavy atom. The predicted molar refractivity (Wildman–Crippen MR) is 99.1 cm³/mol. The number of hydrogen-bond acceptors (Lipinski definition) is 10. The van der Waals surface area contributed by atoms with Crippen molar-refractivity contribution >= 4 is 22.0 Å². The summed E-state index contributed by atoms with van der Waals surface area (Å²) in [5.74, 6) is -6.27. The van der Waals surface area contributed by atoms with Crippen LogP contribution in [0, 0.1) is 0 Å². The van der Waals surface area contributed by atoms with Crippen molar-refractivity contribution in [2.75, 3.05) is 5.32 Å². The van der Waals surface area contributed by atoms with Crippen molar-refractivity contribution in [1.29, 1.82) is 0 Å². The average Bonchev–Trinajstić information content (AvgIpc) is 2.60. The molecule has 29 heavy (non-hydrogen) atoms. The number of rotatable bonds is 9. The van der Waals surface area contributed by atoms with Gasteiger partial charge >= 0.3 is 0 Å². The van der Waals surface area contributed by atoms with E-state index in [0.717, 1.165) is 12.1 Å². The molecule has 11 nitrogen and oxygen atoms in total. The topological polar surface area (TPSA) is 200 Å². The summed E-state index contributed by atoms with van der Waals surface area (Å²) in [6.07, 6.45) is -1.38. The van der Waals surface area contributed by atoms with Gasteiger partial charge in [0.15, 0.2) is 5.75 Å². The highest BCUT2D eigenvalue weighted by Gasteiger charge is 2.31. The van der Waals surface area contributed by atoms with Crippen molar-refractivity contribution in [2.24, 2.45) is 5.14 Å². The summed E-state index contributed by atoms with van der Waals surface area (Å²) in [5, 5.41) is 54.3. The van der Waals surface area contributed by atoms with Gasteiger partial charge in [0.1, 0.15) is 16.9 Å². The highest BCUT2D eigenvalue weighted by atomic mass is 32.2. The zero-order valence-electron chi connectivity index (χ0n) is 14.9. The number of para-hydroxylation sites is 1. The number of carbonyl (C=O) groups excluding carboxylic acids is 1. The molecular weight excluding hydrogens is 408 g/mol. The van der Waals surface area contributed by atoms with Gasteiger partial charge in [-0.1, -0.05) is 18.2 Å². The van der Waals surface area contributed by atoms with Crippen LogP contribution in [0.1, 0.15) is 23.2 Å². The summed E-state index contributed by atoms with van der Waals surface area (Å²) in [4.78, 5) is 10.6. The molecule has 0 aliphatic heterocycles. The zero-order valence-corrected chi connectivity index (χ0v) is 15.7. The summed E-state index contributed by atoms with van der Waals surface area (Å²) in [7, 11) is -4.41. The van der Waals surface area contributed by atoms with Gasteiger partial charge in [0.25, 0.3) is 5.97 Å². The summed E-state index contributed by atoms with van der Waals surface area (Å²) >= 11 is 0. The molecule has 0 amide bonds. The minimum Gasteiger partial charge on any atom is -0.454 e. The molecule has 0 bridgehead atoms. The molecule has 8 N–H and O–H groups in total. The molecule has 0 fully saturated rings. The minimum atomic E-state index is -4.41. The summed E-state index contributed by atoms with van der Waals surface area (Å²) in [6.45, 7) is 0. The Balaban J connectivity index is 2.55. The highest BCUT2D eigenvalue weighted by molar-refractivity contribution is 7.89. The Hall–Kier alpha value is -2.58. The van der Waals surface area contributed by atoms with Crippen LogP contribution >= 0.6 is 0 Å².